The Morgan fingerprint density at radius 2 is 2.20 bits per heavy atom. The summed E-state index contributed by atoms with van der Waals surface area (Å²) < 4.78 is 11.0. The van der Waals surface area contributed by atoms with Gasteiger partial charge in [0, 0.05) is 31.7 Å². The van der Waals surface area contributed by atoms with Gasteiger partial charge in [0.2, 0.25) is 11.8 Å². The Labute approximate surface area is 145 Å². The van der Waals surface area contributed by atoms with E-state index in [0.29, 0.717) is 50.2 Å². The van der Waals surface area contributed by atoms with E-state index in [9.17, 15) is 4.79 Å². The molecule has 134 valence electrons. The maximum absolute atomic E-state index is 12.5. The third-order valence-corrected chi connectivity index (χ3v) is 4.57. The SMILES string of the molecule is CCc1nc([C@@H]2CN(C(=O)CCc3nc(C4CC4)no3)CCO2)n[nH]1. The number of aryl methyl sites for hydroxylation is 2. The molecule has 0 radical (unpaired) electrons. The minimum absolute atomic E-state index is 0.0609. The second-order valence-corrected chi connectivity index (χ2v) is 6.51. The number of aromatic amines is 1. The van der Waals surface area contributed by atoms with Crippen LogP contribution in [-0.2, 0) is 22.4 Å². The van der Waals surface area contributed by atoms with Crippen molar-refractivity contribution in [3.8, 4) is 0 Å². The fraction of sp³-hybridized carbons (Fsp3) is 0.688. The van der Waals surface area contributed by atoms with E-state index in [2.05, 4.69) is 25.3 Å². The Balaban J connectivity index is 1.31. The number of amides is 1. The van der Waals surface area contributed by atoms with Gasteiger partial charge in [-0.2, -0.15) is 10.1 Å². The van der Waals surface area contributed by atoms with Crippen molar-refractivity contribution in [3.63, 3.8) is 0 Å². The van der Waals surface area contributed by atoms with Gasteiger partial charge < -0.3 is 14.2 Å². The molecule has 1 amide bonds. The minimum atomic E-state index is -0.279. The standard InChI is InChI=1S/C16H22N6O3/c1-2-12-17-16(20-19-12)11-9-22(7-8-24-11)14(23)6-5-13-18-15(21-25-13)10-3-4-10/h10-11H,2-9H2,1H3,(H,17,19,20)/t11-/m0/s1. The van der Waals surface area contributed by atoms with Crippen LogP contribution in [0.1, 0.15) is 61.6 Å². The van der Waals surface area contributed by atoms with Crippen LogP contribution in [0, 0.1) is 0 Å². The second kappa shape index (κ2) is 6.91. The zero-order valence-electron chi connectivity index (χ0n) is 14.3. The van der Waals surface area contributed by atoms with E-state index in [-0.39, 0.29) is 12.0 Å². The number of hydrogen-bond donors (Lipinski definition) is 1. The number of hydrogen-bond acceptors (Lipinski definition) is 7. The van der Waals surface area contributed by atoms with Gasteiger partial charge in [0.1, 0.15) is 11.9 Å². The number of aromatic nitrogens is 5. The van der Waals surface area contributed by atoms with Gasteiger partial charge in [0.25, 0.3) is 0 Å². The predicted octanol–water partition coefficient (Wildman–Crippen LogP) is 1.16. The maximum atomic E-state index is 12.5. The van der Waals surface area contributed by atoms with Gasteiger partial charge >= 0.3 is 0 Å². The van der Waals surface area contributed by atoms with Crippen molar-refractivity contribution in [2.75, 3.05) is 19.7 Å². The van der Waals surface area contributed by atoms with Crippen LogP contribution >= 0.6 is 0 Å². The largest absolute Gasteiger partial charge is 0.366 e. The van der Waals surface area contributed by atoms with Gasteiger partial charge in [-0.3, -0.25) is 9.89 Å². The molecule has 2 fully saturated rings. The molecule has 2 aromatic heterocycles. The summed E-state index contributed by atoms with van der Waals surface area (Å²) in [6.07, 6.45) is 3.60. The predicted molar refractivity (Wildman–Crippen MR) is 85.6 cm³/mol. The molecule has 0 aromatic carbocycles. The summed E-state index contributed by atoms with van der Waals surface area (Å²) in [7, 11) is 0. The minimum Gasteiger partial charge on any atom is -0.366 e. The summed E-state index contributed by atoms with van der Waals surface area (Å²) in [6, 6.07) is 0. The zero-order valence-corrected chi connectivity index (χ0v) is 14.3. The highest BCUT2D eigenvalue weighted by atomic mass is 16.5. The van der Waals surface area contributed by atoms with Crippen molar-refractivity contribution in [1.29, 1.82) is 0 Å². The summed E-state index contributed by atoms with van der Waals surface area (Å²) >= 11 is 0. The van der Waals surface area contributed by atoms with Crippen LogP contribution in [0.2, 0.25) is 0 Å². The number of nitrogens with zero attached hydrogens (tertiary/aromatic N) is 5. The van der Waals surface area contributed by atoms with Crippen LogP contribution in [0.3, 0.4) is 0 Å². The first-order chi connectivity index (χ1) is 12.2. The van der Waals surface area contributed by atoms with Crippen molar-refractivity contribution >= 4 is 5.91 Å². The lowest BCUT2D eigenvalue weighted by atomic mass is 10.2. The van der Waals surface area contributed by atoms with E-state index < -0.39 is 0 Å². The molecule has 25 heavy (non-hydrogen) atoms. The molecule has 1 saturated carbocycles. The number of carbonyl (C=O) groups is 1. The van der Waals surface area contributed by atoms with Crippen LogP contribution in [0.25, 0.3) is 0 Å². The molecule has 9 heteroatoms. The zero-order chi connectivity index (χ0) is 17.2. The molecule has 1 atom stereocenters. The van der Waals surface area contributed by atoms with Crippen molar-refractivity contribution < 1.29 is 14.1 Å². The molecule has 1 aliphatic heterocycles. The highest BCUT2D eigenvalue weighted by molar-refractivity contribution is 5.76. The fourth-order valence-electron chi connectivity index (χ4n) is 2.89. The Bertz CT molecular complexity index is 738. The Hall–Kier alpha value is -2.29. The van der Waals surface area contributed by atoms with Crippen LogP contribution in [-0.4, -0.2) is 55.8 Å². The summed E-state index contributed by atoms with van der Waals surface area (Å²) in [4.78, 5) is 23.1. The van der Waals surface area contributed by atoms with E-state index >= 15 is 0 Å². The average molecular weight is 346 g/mol. The van der Waals surface area contributed by atoms with Crippen molar-refractivity contribution in [2.45, 2.75) is 51.0 Å². The van der Waals surface area contributed by atoms with Crippen LogP contribution in [0.4, 0.5) is 0 Å². The van der Waals surface area contributed by atoms with E-state index in [0.717, 1.165) is 30.9 Å². The van der Waals surface area contributed by atoms with E-state index in [1.165, 1.54) is 0 Å². The lowest BCUT2D eigenvalue weighted by Gasteiger charge is -2.31. The number of morpholine rings is 1. The van der Waals surface area contributed by atoms with Gasteiger partial charge in [-0.1, -0.05) is 12.1 Å². The molecule has 1 saturated heterocycles. The van der Waals surface area contributed by atoms with E-state index in [1.807, 2.05) is 6.92 Å². The van der Waals surface area contributed by atoms with E-state index in [1.54, 1.807) is 4.90 Å². The Kier molecular flexibility index (Phi) is 4.48. The number of nitrogens with one attached hydrogen (secondary N) is 1. The summed E-state index contributed by atoms with van der Waals surface area (Å²) in [5, 5.41) is 11.1. The third kappa shape index (κ3) is 3.71. The Morgan fingerprint density at radius 1 is 1.32 bits per heavy atom. The maximum Gasteiger partial charge on any atom is 0.227 e. The van der Waals surface area contributed by atoms with Crippen molar-refractivity contribution in [2.24, 2.45) is 0 Å². The highest BCUT2D eigenvalue weighted by Crippen LogP contribution is 2.38. The molecular weight excluding hydrogens is 324 g/mol. The summed E-state index contributed by atoms with van der Waals surface area (Å²) in [6.45, 7) is 3.54. The Morgan fingerprint density at radius 3 is 2.96 bits per heavy atom. The second-order valence-electron chi connectivity index (χ2n) is 6.51. The van der Waals surface area contributed by atoms with Gasteiger partial charge in [0.05, 0.1) is 13.2 Å². The molecule has 1 N–H and O–H groups in total. The molecule has 0 unspecified atom stereocenters. The lowest BCUT2D eigenvalue weighted by Crippen LogP contribution is -2.42. The number of rotatable bonds is 6. The molecule has 3 heterocycles. The van der Waals surface area contributed by atoms with Crippen LogP contribution in [0.5, 0.6) is 0 Å². The molecule has 1 aliphatic carbocycles. The highest BCUT2D eigenvalue weighted by Gasteiger charge is 2.30. The van der Waals surface area contributed by atoms with Crippen molar-refractivity contribution in [3.05, 3.63) is 23.4 Å². The number of ether oxygens (including phenoxy) is 1. The molecular formula is C16H22N6O3. The van der Waals surface area contributed by atoms with Crippen LogP contribution in [0.15, 0.2) is 4.52 Å². The van der Waals surface area contributed by atoms with Gasteiger partial charge in [0.15, 0.2) is 11.6 Å². The number of H-pyrrole nitrogens is 1. The molecule has 0 bridgehead atoms. The molecule has 9 nitrogen and oxygen atoms in total. The van der Waals surface area contributed by atoms with Crippen molar-refractivity contribution in [1.82, 2.24) is 30.2 Å². The van der Waals surface area contributed by atoms with E-state index in [4.69, 9.17) is 9.26 Å². The van der Waals surface area contributed by atoms with Gasteiger partial charge in [-0.05, 0) is 12.8 Å². The normalized spacial score (nSPS) is 20.8. The average Bonchev–Trinajstić information content (AvgIpc) is 3.20. The molecule has 2 aliphatic rings. The quantitative estimate of drug-likeness (QED) is 0.835. The summed E-state index contributed by atoms with van der Waals surface area (Å²) in [5.41, 5.74) is 0. The first-order valence-corrected chi connectivity index (χ1v) is 8.86. The van der Waals surface area contributed by atoms with Gasteiger partial charge in [-0.25, -0.2) is 4.98 Å². The lowest BCUT2D eigenvalue weighted by molar-refractivity contribution is -0.139. The molecule has 4 rings (SSSR count). The topological polar surface area (TPSA) is 110 Å². The molecule has 2 aromatic rings. The first-order valence-electron chi connectivity index (χ1n) is 8.86. The third-order valence-electron chi connectivity index (χ3n) is 4.57. The fourth-order valence-corrected chi connectivity index (χ4v) is 2.89. The van der Waals surface area contributed by atoms with Gasteiger partial charge in [-0.15, -0.1) is 0 Å². The number of carbonyl (C=O) groups excluding carboxylic acids is 1. The molecule has 0 spiro atoms. The first kappa shape index (κ1) is 16.2. The van der Waals surface area contributed by atoms with Crippen LogP contribution < -0.4 is 0 Å². The summed E-state index contributed by atoms with van der Waals surface area (Å²) in [5.74, 6) is 3.28. The monoisotopic (exact) mass is 346 g/mol. The smallest absolute Gasteiger partial charge is 0.227 e.